The minimum atomic E-state index is 0.833. The van der Waals surface area contributed by atoms with Crippen molar-refractivity contribution in [3.63, 3.8) is 0 Å². The highest BCUT2D eigenvalue weighted by molar-refractivity contribution is 5.26. The average Bonchev–Trinajstić information content (AvgIpc) is 2.97. The molecule has 0 spiro atoms. The van der Waals surface area contributed by atoms with Crippen LogP contribution < -0.4 is 0 Å². The molecule has 0 aromatic carbocycles. The van der Waals surface area contributed by atoms with Crippen LogP contribution in [0.2, 0.25) is 0 Å². The molecule has 1 saturated carbocycles. The number of fused-ring (bicyclic) bond motifs is 2. The van der Waals surface area contributed by atoms with Gasteiger partial charge in [0.25, 0.3) is 0 Å². The monoisotopic (exact) mass is 232 g/mol. The second kappa shape index (κ2) is 8.33. The molecule has 2 unspecified atom stereocenters. The molecular formula is C17H28. The Balaban J connectivity index is 0.000000172. The first-order valence-corrected chi connectivity index (χ1v) is 7.26. The van der Waals surface area contributed by atoms with Gasteiger partial charge >= 0.3 is 0 Å². The topological polar surface area (TPSA) is 0 Å². The molecule has 2 rings (SSSR count). The summed E-state index contributed by atoms with van der Waals surface area (Å²) in [4.78, 5) is 0. The third kappa shape index (κ3) is 4.93. The van der Waals surface area contributed by atoms with Crippen LogP contribution in [-0.2, 0) is 0 Å². The lowest BCUT2D eigenvalue weighted by atomic mass is 10.0. The summed E-state index contributed by atoms with van der Waals surface area (Å²) in [5.41, 5.74) is 1.67. The molecule has 0 radical (unpaired) electrons. The minimum Gasteiger partial charge on any atom is -0.103 e. The van der Waals surface area contributed by atoms with Gasteiger partial charge in [0.2, 0.25) is 0 Å². The molecule has 2 atom stereocenters. The molecule has 0 heterocycles. The summed E-state index contributed by atoms with van der Waals surface area (Å²) in [5, 5.41) is 0. The molecule has 17 heavy (non-hydrogen) atoms. The summed E-state index contributed by atoms with van der Waals surface area (Å²) >= 11 is 0. The smallest absolute Gasteiger partial charge is 0.00174 e. The SMILES string of the molecule is C=CCCCCCC.CC=C1CC2C=CC1C2. The zero-order valence-corrected chi connectivity index (χ0v) is 11.6. The Labute approximate surface area is 108 Å². The molecule has 2 aliphatic rings. The predicted molar refractivity (Wildman–Crippen MR) is 78.1 cm³/mol. The van der Waals surface area contributed by atoms with E-state index in [1.807, 2.05) is 6.08 Å². The minimum absolute atomic E-state index is 0.833. The van der Waals surface area contributed by atoms with Crippen LogP contribution in [0.25, 0.3) is 0 Å². The standard InChI is InChI=1S/C9H12.C8H16/c1-2-8-5-7-3-4-9(8)6-7;1-3-5-7-8-6-4-2/h2-4,7,9H,5-6H2,1H3;3H,1,4-8H2,2H3. The number of unbranched alkanes of at least 4 members (excludes halogenated alkanes) is 4. The molecule has 0 nitrogen and oxygen atoms in total. The summed E-state index contributed by atoms with van der Waals surface area (Å²) in [6.07, 6.45) is 18.4. The Morgan fingerprint density at radius 1 is 1.29 bits per heavy atom. The summed E-state index contributed by atoms with van der Waals surface area (Å²) in [5.74, 6) is 1.74. The van der Waals surface area contributed by atoms with Gasteiger partial charge in [0.05, 0.1) is 0 Å². The van der Waals surface area contributed by atoms with Crippen LogP contribution in [0.1, 0.15) is 58.8 Å². The number of allylic oxidation sites excluding steroid dienone is 5. The fourth-order valence-electron chi connectivity index (χ4n) is 2.70. The lowest BCUT2D eigenvalue weighted by molar-refractivity contribution is 0.675. The second-order valence-corrected chi connectivity index (χ2v) is 5.19. The van der Waals surface area contributed by atoms with Crippen molar-refractivity contribution in [2.45, 2.75) is 58.8 Å². The van der Waals surface area contributed by atoms with Gasteiger partial charge in [-0.15, -0.1) is 6.58 Å². The molecule has 0 heteroatoms. The Bertz CT molecular complexity index is 270. The number of hydrogen-bond donors (Lipinski definition) is 0. The normalized spacial score (nSPS) is 27.1. The fourth-order valence-corrected chi connectivity index (χ4v) is 2.70. The largest absolute Gasteiger partial charge is 0.103 e. The van der Waals surface area contributed by atoms with E-state index in [-0.39, 0.29) is 0 Å². The molecular weight excluding hydrogens is 204 g/mol. The van der Waals surface area contributed by atoms with Crippen molar-refractivity contribution in [2.75, 3.05) is 0 Å². The first-order valence-electron chi connectivity index (χ1n) is 7.26. The van der Waals surface area contributed by atoms with E-state index in [0.717, 1.165) is 11.8 Å². The number of hydrogen-bond acceptors (Lipinski definition) is 0. The quantitative estimate of drug-likeness (QED) is 0.423. The molecule has 0 saturated heterocycles. The van der Waals surface area contributed by atoms with Crippen molar-refractivity contribution >= 4 is 0 Å². The maximum atomic E-state index is 3.66. The van der Waals surface area contributed by atoms with Crippen LogP contribution in [0.3, 0.4) is 0 Å². The Hall–Kier alpha value is -0.780. The molecule has 96 valence electrons. The third-order valence-electron chi connectivity index (χ3n) is 3.78. The zero-order valence-electron chi connectivity index (χ0n) is 11.6. The van der Waals surface area contributed by atoms with E-state index in [1.54, 1.807) is 5.57 Å². The van der Waals surface area contributed by atoms with Gasteiger partial charge in [-0.25, -0.2) is 0 Å². The van der Waals surface area contributed by atoms with Crippen molar-refractivity contribution < 1.29 is 0 Å². The van der Waals surface area contributed by atoms with E-state index in [2.05, 4.69) is 38.7 Å². The highest BCUT2D eigenvalue weighted by atomic mass is 14.3. The van der Waals surface area contributed by atoms with E-state index in [0.29, 0.717) is 0 Å². The predicted octanol–water partition coefficient (Wildman–Crippen LogP) is 5.67. The van der Waals surface area contributed by atoms with Gasteiger partial charge in [-0.2, -0.15) is 0 Å². The van der Waals surface area contributed by atoms with E-state index in [1.165, 1.54) is 44.9 Å². The lowest BCUT2D eigenvalue weighted by Gasteiger charge is -2.05. The van der Waals surface area contributed by atoms with Gasteiger partial charge < -0.3 is 0 Å². The maximum absolute atomic E-state index is 3.66. The molecule has 0 N–H and O–H groups in total. The van der Waals surface area contributed by atoms with Crippen LogP contribution in [0.5, 0.6) is 0 Å². The summed E-state index contributed by atoms with van der Waals surface area (Å²) < 4.78 is 0. The highest BCUT2D eigenvalue weighted by Gasteiger charge is 2.29. The van der Waals surface area contributed by atoms with Crippen molar-refractivity contribution in [1.82, 2.24) is 0 Å². The van der Waals surface area contributed by atoms with Crippen molar-refractivity contribution in [3.05, 3.63) is 36.5 Å². The maximum Gasteiger partial charge on any atom is -0.00174 e. The van der Waals surface area contributed by atoms with Crippen molar-refractivity contribution in [1.29, 1.82) is 0 Å². The molecule has 2 bridgehead atoms. The van der Waals surface area contributed by atoms with E-state index < -0.39 is 0 Å². The fraction of sp³-hybridized carbons (Fsp3) is 0.647. The Morgan fingerprint density at radius 2 is 2.12 bits per heavy atom. The molecule has 0 aromatic rings. The van der Waals surface area contributed by atoms with Crippen LogP contribution in [0.4, 0.5) is 0 Å². The van der Waals surface area contributed by atoms with Crippen LogP contribution in [0, 0.1) is 11.8 Å². The first-order chi connectivity index (χ1) is 8.31. The highest BCUT2D eigenvalue weighted by Crippen LogP contribution is 2.42. The lowest BCUT2D eigenvalue weighted by Crippen LogP contribution is -1.90. The van der Waals surface area contributed by atoms with Crippen LogP contribution >= 0.6 is 0 Å². The molecule has 1 fully saturated rings. The van der Waals surface area contributed by atoms with E-state index in [9.17, 15) is 0 Å². The Morgan fingerprint density at radius 3 is 2.53 bits per heavy atom. The summed E-state index contributed by atoms with van der Waals surface area (Å²) in [7, 11) is 0. The van der Waals surface area contributed by atoms with E-state index in [4.69, 9.17) is 0 Å². The van der Waals surface area contributed by atoms with Crippen molar-refractivity contribution in [2.24, 2.45) is 11.8 Å². The molecule has 2 aliphatic carbocycles. The van der Waals surface area contributed by atoms with Crippen LogP contribution in [-0.4, -0.2) is 0 Å². The van der Waals surface area contributed by atoms with Gasteiger partial charge in [-0.05, 0) is 44.4 Å². The molecule has 0 amide bonds. The van der Waals surface area contributed by atoms with Crippen molar-refractivity contribution in [3.8, 4) is 0 Å². The van der Waals surface area contributed by atoms with Gasteiger partial charge in [-0.3, -0.25) is 0 Å². The number of rotatable bonds is 5. The van der Waals surface area contributed by atoms with Gasteiger partial charge in [-0.1, -0.05) is 56.1 Å². The second-order valence-electron chi connectivity index (χ2n) is 5.19. The van der Waals surface area contributed by atoms with Crippen LogP contribution in [0.15, 0.2) is 36.5 Å². The summed E-state index contributed by atoms with van der Waals surface area (Å²) in [6, 6.07) is 0. The van der Waals surface area contributed by atoms with Gasteiger partial charge in [0, 0.05) is 0 Å². The zero-order chi connectivity index (χ0) is 12.5. The average molecular weight is 232 g/mol. The van der Waals surface area contributed by atoms with E-state index >= 15 is 0 Å². The molecule has 0 aliphatic heterocycles. The van der Waals surface area contributed by atoms with Gasteiger partial charge in [0.15, 0.2) is 0 Å². The first kappa shape index (κ1) is 14.3. The third-order valence-corrected chi connectivity index (χ3v) is 3.78. The molecule has 0 aromatic heterocycles. The Kier molecular flexibility index (Phi) is 7.00. The van der Waals surface area contributed by atoms with Gasteiger partial charge in [0.1, 0.15) is 0 Å². The summed E-state index contributed by atoms with van der Waals surface area (Å²) in [6.45, 7) is 8.05.